The topological polar surface area (TPSA) is 61.4 Å². The zero-order valence-corrected chi connectivity index (χ0v) is 17.8. The first-order valence-electron chi connectivity index (χ1n) is 8.71. The molecule has 0 saturated carbocycles. The first kappa shape index (κ1) is 22.0. The molecule has 0 radical (unpaired) electrons. The maximum atomic E-state index is 13.7. The summed E-state index contributed by atoms with van der Waals surface area (Å²) in [5.41, 5.74) is 1.72. The van der Waals surface area contributed by atoms with Crippen LogP contribution in [0, 0.1) is 5.82 Å². The fourth-order valence-corrected chi connectivity index (χ4v) is 3.06. The van der Waals surface area contributed by atoms with E-state index in [1.54, 1.807) is 42.5 Å². The lowest BCUT2D eigenvalue weighted by Gasteiger charge is -2.17. The smallest absolute Gasteiger partial charge is 0.322 e. The standard InChI is InChI=1S/C21H16Cl2FN3O2S/c22-17-10-9-15(11-18(17)23)26-21(29)27(30)12-13-5-7-14(8-6-13)25-20(28)16-3-1-2-4-19(16)24/h1-11,30H,12H2,(H,25,28)(H,26,29). The number of halogens is 3. The number of rotatable bonds is 5. The summed E-state index contributed by atoms with van der Waals surface area (Å²) in [7, 11) is 0. The molecule has 0 unspecified atom stereocenters. The van der Waals surface area contributed by atoms with Crippen LogP contribution in [0.15, 0.2) is 66.7 Å². The molecule has 0 aliphatic carbocycles. The molecule has 0 aliphatic rings. The summed E-state index contributed by atoms with van der Waals surface area (Å²) in [5.74, 6) is -1.14. The lowest BCUT2D eigenvalue weighted by molar-refractivity contribution is 0.102. The minimum absolute atomic E-state index is 0.0397. The van der Waals surface area contributed by atoms with E-state index in [1.165, 1.54) is 28.6 Å². The number of urea groups is 1. The molecule has 30 heavy (non-hydrogen) atoms. The van der Waals surface area contributed by atoms with Gasteiger partial charge >= 0.3 is 6.03 Å². The van der Waals surface area contributed by atoms with Crippen LogP contribution in [0.2, 0.25) is 10.0 Å². The van der Waals surface area contributed by atoms with Crippen molar-refractivity contribution >= 4 is 59.3 Å². The summed E-state index contributed by atoms with van der Waals surface area (Å²) in [4.78, 5) is 24.4. The summed E-state index contributed by atoms with van der Waals surface area (Å²) in [6, 6.07) is 16.8. The van der Waals surface area contributed by atoms with Crippen molar-refractivity contribution in [2.24, 2.45) is 0 Å². The number of benzene rings is 3. The number of carbonyl (C=O) groups is 2. The molecule has 0 atom stereocenters. The number of nitrogens with zero attached hydrogens (tertiary/aromatic N) is 1. The Balaban J connectivity index is 1.58. The van der Waals surface area contributed by atoms with Crippen LogP contribution in [-0.4, -0.2) is 16.2 Å². The minimum atomic E-state index is -0.592. The summed E-state index contributed by atoms with van der Waals surface area (Å²) < 4.78 is 14.9. The Morgan fingerprint density at radius 2 is 1.57 bits per heavy atom. The van der Waals surface area contributed by atoms with Gasteiger partial charge in [0.1, 0.15) is 5.82 Å². The number of carbonyl (C=O) groups excluding carboxylic acids is 2. The molecule has 3 aromatic rings. The predicted molar refractivity (Wildman–Crippen MR) is 121 cm³/mol. The van der Waals surface area contributed by atoms with Crippen molar-refractivity contribution in [3.63, 3.8) is 0 Å². The molecule has 2 N–H and O–H groups in total. The molecular weight excluding hydrogens is 448 g/mol. The van der Waals surface area contributed by atoms with E-state index in [0.29, 0.717) is 21.4 Å². The molecule has 0 bridgehead atoms. The number of thiol groups is 1. The third kappa shape index (κ3) is 5.66. The summed E-state index contributed by atoms with van der Waals surface area (Å²) in [6.07, 6.45) is 0. The van der Waals surface area contributed by atoms with E-state index < -0.39 is 17.8 Å². The van der Waals surface area contributed by atoms with Crippen LogP contribution in [0.1, 0.15) is 15.9 Å². The largest absolute Gasteiger partial charge is 0.331 e. The van der Waals surface area contributed by atoms with Gasteiger partial charge in [0.25, 0.3) is 5.91 Å². The first-order valence-corrected chi connectivity index (χ1v) is 9.86. The molecule has 0 aromatic heterocycles. The Morgan fingerprint density at radius 1 is 0.900 bits per heavy atom. The van der Waals surface area contributed by atoms with E-state index >= 15 is 0 Å². The van der Waals surface area contributed by atoms with Crippen LogP contribution in [0.4, 0.5) is 20.6 Å². The molecule has 0 spiro atoms. The molecule has 0 aliphatic heterocycles. The zero-order valence-electron chi connectivity index (χ0n) is 15.4. The fraction of sp³-hybridized carbons (Fsp3) is 0.0476. The minimum Gasteiger partial charge on any atom is -0.322 e. The van der Waals surface area contributed by atoms with Crippen LogP contribution in [-0.2, 0) is 6.54 Å². The van der Waals surface area contributed by atoms with E-state index in [9.17, 15) is 14.0 Å². The number of nitrogens with one attached hydrogen (secondary N) is 2. The van der Waals surface area contributed by atoms with Gasteiger partial charge in [0, 0.05) is 11.4 Å². The van der Waals surface area contributed by atoms with Gasteiger partial charge in [-0.05, 0) is 48.0 Å². The van der Waals surface area contributed by atoms with Crippen molar-refractivity contribution in [2.75, 3.05) is 10.6 Å². The predicted octanol–water partition coefficient (Wildman–Crippen LogP) is 6.26. The van der Waals surface area contributed by atoms with E-state index in [1.807, 2.05) is 0 Å². The van der Waals surface area contributed by atoms with Gasteiger partial charge in [-0.3, -0.25) is 9.10 Å². The molecule has 0 fully saturated rings. The monoisotopic (exact) mass is 463 g/mol. The molecular formula is C21H16Cl2FN3O2S. The summed E-state index contributed by atoms with van der Waals surface area (Å²) in [5, 5.41) is 6.01. The highest BCUT2D eigenvalue weighted by molar-refractivity contribution is 7.78. The zero-order chi connectivity index (χ0) is 21.7. The van der Waals surface area contributed by atoms with Gasteiger partial charge in [-0.2, -0.15) is 0 Å². The Kier molecular flexibility index (Phi) is 7.20. The molecule has 0 heterocycles. The second kappa shape index (κ2) is 9.84. The lowest BCUT2D eigenvalue weighted by Crippen LogP contribution is -2.26. The van der Waals surface area contributed by atoms with E-state index in [0.717, 1.165) is 5.56 Å². The van der Waals surface area contributed by atoms with E-state index in [-0.39, 0.29) is 12.1 Å². The first-order chi connectivity index (χ1) is 14.3. The number of hydrogen-bond acceptors (Lipinski definition) is 3. The average Bonchev–Trinajstić information content (AvgIpc) is 2.72. The molecule has 3 aromatic carbocycles. The van der Waals surface area contributed by atoms with Gasteiger partial charge in [0.05, 0.1) is 22.2 Å². The Hall–Kier alpha value is -2.74. The summed E-state index contributed by atoms with van der Waals surface area (Å²) in [6.45, 7) is 0.206. The van der Waals surface area contributed by atoms with E-state index in [2.05, 4.69) is 23.4 Å². The van der Waals surface area contributed by atoms with Gasteiger partial charge in [0.2, 0.25) is 0 Å². The number of hydrogen-bond donors (Lipinski definition) is 3. The van der Waals surface area contributed by atoms with Crippen molar-refractivity contribution < 1.29 is 14.0 Å². The average molecular weight is 464 g/mol. The van der Waals surface area contributed by atoms with Crippen LogP contribution < -0.4 is 10.6 Å². The highest BCUT2D eigenvalue weighted by atomic mass is 35.5. The summed E-state index contributed by atoms with van der Waals surface area (Å²) >= 11 is 16.0. The van der Waals surface area contributed by atoms with Gasteiger partial charge in [0.15, 0.2) is 0 Å². The molecule has 3 amide bonds. The van der Waals surface area contributed by atoms with Crippen LogP contribution in [0.5, 0.6) is 0 Å². The number of amides is 3. The fourth-order valence-electron chi connectivity index (χ4n) is 2.54. The third-order valence-corrected chi connectivity index (χ3v) is 5.13. The van der Waals surface area contributed by atoms with Crippen LogP contribution in [0.3, 0.4) is 0 Å². The Morgan fingerprint density at radius 3 is 2.23 bits per heavy atom. The molecule has 3 rings (SSSR count). The highest BCUT2D eigenvalue weighted by Crippen LogP contribution is 2.25. The Bertz CT molecular complexity index is 1080. The molecule has 154 valence electrons. The van der Waals surface area contributed by atoms with E-state index in [4.69, 9.17) is 23.2 Å². The quantitative estimate of drug-likeness (QED) is 0.390. The normalized spacial score (nSPS) is 10.4. The van der Waals surface area contributed by atoms with Gasteiger partial charge in [-0.1, -0.05) is 60.3 Å². The lowest BCUT2D eigenvalue weighted by atomic mass is 10.1. The number of anilines is 2. The SMILES string of the molecule is O=C(Nc1ccc(CN(S)C(=O)Nc2ccc(Cl)c(Cl)c2)cc1)c1ccccc1F. The maximum Gasteiger partial charge on any atom is 0.331 e. The second-order valence-corrected chi connectivity index (χ2v) is 7.54. The van der Waals surface area contributed by atoms with Gasteiger partial charge in [-0.15, -0.1) is 0 Å². The van der Waals surface area contributed by atoms with Crippen LogP contribution in [0.25, 0.3) is 0 Å². The van der Waals surface area contributed by atoms with Crippen molar-refractivity contribution in [3.05, 3.63) is 93.7 Å². The van der Waals surface area contributed by atoms with Gasteiger partial charge in [-0.25, -0.2) is 9.18 Å². The highest BCUT2D eigenvalue weighted by Gasteiger charge is 2.13. The van der Waals surface area contributed by atoms with Gasteiger partial charge < -0.3 is 10.6 Å². The van der Waals surface area contributed by atoms with Crippen molar-refractivity contribution in [1.29, 1.82) is 0 Å². The van der Waals surface area contributed by atoms with Crippen molar-refractivity contribution in [2.45, 2.75) is 6.54 Å². The second-order valence-electron chi connectivity index (χ2n) is 6.25. The third-order valence-electron chi connectivity index (χ3n) is 4.07. The Labute approximate surface area is 188 Å². The van der Waals surface area contributed by atoms with Crippen molar-refractivity contribution in [1.82, 2.24) is 4.31 Å². The van der Waals surface area contributed by atoms with Crippen LogP contribution >= 0.6 is 36.0 Å². The molecule has 9 heteroatoms. The molecule has 0 saturated heterocycles. The molecule has 5 nitrogen and oxygen atoms in total. The maximum absolute atomic E-state index is 13.7. The van der Waals surface area contributed by atoms with Crippen molar-refractivity contribution in [3.8, 4) is 0 Å².